The van der Waals surface area contributed by atoms with Crippen LogP contribution < -0.4 is 40.0 Å². The second-order valence-electron chi connectivity index (χ2n) is 2.88. The number of thiophene rings is 1. The molecule has 0 saturated heterocycles. The Hall–Kier alpha value is -0.690. The molecule has 0 aliphatic carbocycles. The van der Waals surface area contributed by atoms with Crippen molar-refractivity contribution in [3.8, 4) is 0 Å². The zero-order valence-electron chi connectivity index (χ0n) is 9.12. The predicted molar refractivity (Wildman–Crippen MR) is 53.0 cm³/mol. The van der Waals surface area contributed by atoms with Crippen LogP contribution in [0.25, 0.3) is 0 Å². The van der Waals surface area contributed by atoms with Crippen LogP contribution in [0.2, 0.25) is 0 Å². The minimum absolute atomic E-state index is 0. The van der Waals surface area contributed by atoms with Gasteiger partial charge in [0.15, 0.2) is 5.78 Å². The fourth-order valence-corrected chi connectivity index (χ4v) is 1.96. The molecule has 0 saturated carbocycles. The van der Waals surface area contributed by atoms with E-state index in [0.29, 0.717) is 0 Å². The van der Waals surface area contributed by atoms with Crippen LogP contribution in [-0.2, 0) is 4.79 Å². The third kappa shape index (κ3) is 3.71. The molecule has 1 amide bonds. The van der Waals surface area contributed by atoms with Gasteiger partial charge >= 0.3 is 29.6 Å². The summed E-state index contributed by atoms with van der Waals surface area (Å²) in [5, 5.41) is 13.1. The quantitative estimate of drug-likeness (QED) is 0.465. The average Bonchev–Trinajstić information content (AvgIpc) is 2.46. The number of Topliss-reactive ketones (excluding diaryl/α,β-unsaturated/α-hetero) is 1. The molecule has 1 rings (SSSR count). The van der Waals surface area contributed by atoms with Gasteiger partial charge in [-0.2, -0.15) is 0 Å². The average molecular weight is 249 g/mol. The molecule has 7 heteroatoms. The maximum Gasteiger partial charge on any atom is 1.00 e. The van der Waals surface area contributed by atoms with E-state index in [4.69, 9.17) is 0 Å². The summed E-state index contributed by atoms with van der Waals surface area (Å²) in [6.07, 6.45) is 0. The monoisotopic (exact) mass is 249 g/mol. The molecular weight excluding hydrogens is 241 g/mol. The third-order valence-corrected chi connectivity index (χ3v) is 2.74. The second-order valence-corrected chi connectivity index (χ2v) is 3.93. The summed E-state index contributed by atoms with van der Waals surface area (Å²) < 4.78 is 0. The van der Waals surface area contributed by atoms with Crippen molar-refractivity contribution in [2.45, 2.75) is 13.8 Å². The Bertz CT molecular complexity index is 441. The van der Waals surface area contributed by atoms with Gasteiger partial charge in [0.2, 0.25) is 5.91 Å². The van der Waals surface area contributed by atoms with Crippen LogP contribution in [0.3, 0.4) is 0 Å². The van der Waals surface area contributed by atoms with Crippen molar-refractivity contribution in [3.63, 3.8) is 0 Å². The van der Waals surface area contributed by atoms with E-state index >= 15 is 0 Å². The van der Waals surface area contributed by atoms with Crippen LogP contribution in [0.15, 0.2) is 6.07 Å². The van der Waals surface area contributed by atoms with Crippen LogP contribution >= 0.6 is 11.3 Å². The standard InChI is InChI=1S/C9H9NO4S.Na/c1-4(11)7-3-6(9(13)14)8(15-7)10-5(2)12;/h3H,1-2H3,(H,10,12)(H,13,14);/q;+1/p-1. The first-order valence-corrected chi connectivity index (χ1v) is 4.87. The van der Waals surface area contributed by atoms with Crippen molar-refractivity contribution in [1.82, 2.24) is 0 Å². The largest absolute Gasteiger partial charge is 1.00 e. The third-order valence-electron chi connectivity index (χ3n) is 1.59. The Kier molecular flexibility index (Phi) is 5.88. The van der Waals surface area contributed by atoms with Gasteiger partial charge in [-0.25, -0.2) is 0 Å². The summed E-state index contributed by atoms with van der Waals surface area (Å²) in [6.45, 7) is 2.58. The number of hydrogen-bond donors (Lipinski definition) is 1. The minimum atomic E-state index is -1.41. The summed E-state index contributed by atoms with van der Waals surface area (Å²) in [5.41, 5.74) is -0.166. The van der Waals surface area contributed by atoms with Crippen molar-refractivity contribution in [2.24, 2.45) is 0 Å². The van der Waals surface area contributed by atoms with Crippen LogP contribution in [-0.4, -0.2) is 17.7 Å². The van der Waals surface area contributed by atoms with E-state index in [1.165, 1.54) is 19.9 Å². The van der Waals surface area contributed by atoms with Crippen molar-refractivity contribution in [1.29, 1.82) is 0 Å². The number of ketones is 1. The minimum Gasteiger partial charge on any atom is -0.545 e. The number of carbonyl (C=O) groups excluding carboxylic acids is 3. The van der Waals surface area contributed by atoms with Gasteiger partial charge in [-0.3, -0.25) is 9.59 Å². The van der Waals surface area contributed by atoms with Gasteiger partial charge in [-0.1, -0.05) is 0 Å². The smallest absolute Gasteiger partial charge is 0.545 e. The zero-order valence-corrected chi connectivity index (χ0v) is 11.9. The molecule has 0 bridgehead atoms. The molecule has 1 aromatic heterocycles. The Labute approximate surface area is 118 Å². The van der Waals surface area contributed by atoms with E-state index in [2.05, 4.69) is 5.32 Å². The van der Waals surface area contributed by atoms with Gasteiger partial charge in [0.05, 0.1) is 10.8 Å². The fourth-order valence-electron chi connectivity index (χ4n) is 0.969. The van der Waals surface area contributed by atoms with E-state index in [0.717, 1.165) is 11.3 Å². The van der Waals surface area contributed by atoms with Crippen molar-refractivity contribution < 1.29 is 49.0 Å². The predicted octanol–water partition coefficient (Wildman–Crippen LogP) is -2.72. The second kappa shape index (κ2) is 6.15. The maximum atomic E-state index is 11.0. The molecule has 0 radical (unpaired) electrons. The number of carbonyl (C=O) groups is 3. The molecule has 0 fully saturated rings. The van der Waals surface area contributed by atoms with Gasteiger partial charge in [-0.05, 0) is 13.0 Å². The molecule has 80 valence electrons. The number of amides is 1. The number of aromatic carboxylic acids is 1. The first kappa shape index (κ1) is 15.3. The summed E-state index contributed by atoms with van der Waals surface area (Å²) in [5.74, 6) is -2.06. The number of hydrogen-bond acceptors (Lipinski definition) is 5. The molecule has 1 heterocycles. The van der Waals surface area contributed by atoms with E-state index in [9.17, 15) is 19.5 Å². The van der Waals surface area contributed by atoms with Crippen LogP contribution in [0.1, 0.15) is 33.9 Å². The van der Waals surface area contributed by atoms with E-state index in [1.54, 1.807) is 0 Å². The topological polar surface area (TPSA) is 86.3 Å². The zero-order chi connectivity index (χ0) is 11.6. The molecule has 0 aromatic carbocycles. The van der Waals surface area contributed by atoms with Gasteiger partial charge in [0.25, 0.3) is 0 Å². The SMILES string of the molecule is CC(=O)Nc1sc(C(C)=O)cc1C(=O)[O-].[Na+]. The van der Waals surface area contributed by atoms with Crippen LogP contribution in [0, 0.1) is 0 Å². The number of carboxylic acids is 1. The Morgan fingerprint density at radius 3 is 2.25 bits per heavy atom. The number of carboxylic acid groups (broad SMARTS) is 1. The van der Waals surface area contributed by atoms with Crippen molar-refractivity contribution in [3.05, 3.63) is 16.5 Å². The Morgan fingerprint density at radius 1 is 1.31 bits per heavy atom. The molecular formula is C9H8NNaO4S. The number of nitrogens with one attached hydrogen (secondary N) is 1. The van der Waals surface area contributed by atoms with E-state index in [1.807, 2.05) is 0 Å². The molecule has 1 aromatic rings. The van der Waals surface area contributed by atoms with Gasteiger partial charge < -0.3 is 15.2 Å². The van der Waals surface area contributed by atoms with Gasteiger partial charge in [0, 0.05) is 12.5 Å². The molecule has 0 spiro atoms. The Morgan fingerprint density at radius 2 is 1.88 bits per heavy atom. The van der Waals surface area contributed by atoms with Gasteiger partial charge in [0.1, 0.15) is 5.00 Å². The summed E-state index contributed by atoms with van der Waals surface area (Å²) in [4.78, 5) is 32.7. The Balaban J connectivity index is 0.00000225. The van der Waals surface area contributed by atoms with Gasteiger partial charge in [-0.15, -0.1) is 11.3 Å². The summed E-state index contributed by atoms with van der Waals surface area (Å²) >= 11 is 0.922. The molecule has 5 nitrogen and oxygen atoms in total. The maximum absolute atomic E-state index is 11.0. The fraction of sp³-hybridized carbons (Fsp3) is 0.222. The van der Waals surface area contributed by atoms with Crippen molar-refractivity contribution >= 4 is 34.0 Å². The molecule has 16 heavy (non-hydrogen) atoms. The molecule has 0 unspecified atom stereocenters. The van der Waals surface area contributed by atoms with E-state index < -0.39 is 11.9 Å². The van der Waals surface area contributed by atoms with E-state index in [-0.39, 0.29) is 50.8 Å². The number of rotatable bonds is 3. The van der Waals surface area contributed by atoms with Crippen LogP contribution in [0.4, 0.5) is 5.00 Å². The molecule has 0 aliphatic heterocycles. The van der Waals surface area contributed by atoms with Crippen LogP contribution in [0.5, 0.6) is 0 Å². The molecule has 1 N–H and O–H groups in total. The molecule has 0 atom stereocenters. The first-order chi connectivity index (χ1) is 6.91. The normalized spacial score (nSPS) is 9.12. The first-order valence-electron chi connectivity index (χ1n) is 4.05. The van der Waals surface area contributed by atoms with Crippen molar-refractivity contribution in [2.75, 3.05) is 5.32 Å². The summed E-state index contributed by atoms with van der Waals surface area (Å²) in [7, 11) is 0. The summed E-state index contributed by atoms with van der Waals surface area (Å²) in [6, 6.07) is 1.20. The number of anilines is 1. The molecule has 0 aliphatic rings.